The molecule has 1 amide bonds. The van der Waals surface area contributed by atoms with Gasteiger partial charge in [-0.2, -0.15) is 0 Å². The number of carbonyl (C=O) groups is 1. The third kappa shape index (κ3) is 6.65. The Balaban J connectivity index is 1.81. The van der Waals surface area contributed by atoms with Gasteiger partial charge in [-0.05, 0) is 48.2 Å². The summed E-state index contributed by atoms with van der Waals surface area (Å²) in [4.78, 5) is 12.9. The van der Waals surface area contributed by atoms with Crippen LogP contribution < -0.4 is 9.62 Å². The molecule has 0 aliphatic heterocycles. The van der Waals surface area contributed by atoms with E-state index in [0.717, 1.165) is 22.5 Å². The van der Waals surface area contributed by atoms with Crippen molar-refractivity contribution in [2.45, 2.75) is 32.9 Å². The molecule has 0 aliphatic carbocycles. The Morgan fingerprint density at radius 3 is 2.12 bits per heavy atom. The summed E-state index contributed by atoms with van der Waals surface area (Å²) in [6, 6.07) is 22.0. The summed E-state index contributed by atoms with van der Waals surface area (Å²) in [6.07, 6.45) is 1.86. The van der Waals surface area contributed by atoms with Crippen molar-refractivity contribution in [3.8, 4) is 0 Å². The largest absolute Gasteiger partial charge is 0.345 e. The fraction of sp³-hybridized carbons (Fsp3) is 0.269. The topological polar surface area (TPSA) is 66.5 Å². The molecule has 7 heteroatoms. The van der Waals surface area contributed by atoms with E-state index in [1.165, 1.54) is 6.07 Å². The first-order chi connectivity index (χ1) is 15.6. The lowest BCUT2D eigenvalue weighted by atomic mass is 9.96. The maximum atomic E-state index is 14.1. The second-order valence-electron chi connectivity index (χ2n) is 8.47. The van der Waals surface area contributed by atoms with E-state index < -0.39 is 15.8 Å². The van der Waals surface area contributed by atoms with E-state index in [-0.39, 0.29) is 24.1 Å². The Bertz CT molecular complexity index is 1180. The van der Waals surface area contributed by atoms with Crippen LogP contribution in [0.25, 0.3) is 0 Å². The van der Waals surface area contributed by atoms with Crippen LogP contribution in [0.3, 0.4) is 0 Å². The molecule has 0 unspecified atom stereocenters. The van der Waals surface area contributed by atoms with Crippen LogP contribution in [0.4, 0.5) is 10.1 Å². The summed E-state index contributed by atoms with van der Waals surface area (Å²) in [6.45, 7) is 4.07. The van der Waals surface area contributed by atoms with Crippen molar-refractivity contribution in [3.05, 3.63) is 101 Å². The number of hydrogen-bond acceptors (Lipinski definition) is 3. The Morgan fingerprint density at radius 1 is 0.939 bits per heavy atom. The molecule has 3 aromatic carbocycles. The molecule has 0 aliphatic rings. The average Bonchev–Trinajstić information content (AvgIpc) is 2.77. The minimum atomic E-state index is -3.67. The van der Waals surface area contributed by atoms with E-state index in [9.17, 15) is 17.6 Å². The van der Waals surface area contributed by atoms with Gasteiger partial charge < -0.3 is 5.32 Å². The van der Waals surface area contributed by atoms with Gasteiger partial charge in [0.15, 0.2) is 0 Å². The first kappa shape index (κ1) is 24.5. The molecular weight excluding hydrogens is 439 g/mol. The normalized spacial score (nSPS) is 12.4. The van der Waals surface area contributed by atoms with E-state index >= 15 is 0 Å². The second-order valence-corrected chi connectivity index (χ2v) is 10.4. The molecule has 0 spiro atoms. The van der Waals surface area contributed by atoms with Crippen LogP contribution in [0.2, 0.25) is 0 Å². The van der Waals surface area contributed by atoms with E-state index in [1.807, 2.05) is 30.3 Å². The number of carbonyl (C=O) groups excluding carboxylic acids is 1. The number of anilines is 1. The van der Waals surface area contributed by atoms with Crippen LogP contribution in [0.15, 0.2) is 78.9 Å². The molecule has 0 radical (unpaired) electrons. The van der Waals surface area contributed by atoms with Gasteiger partial charge >= 0.3 is 0 Å². The van der Waals surface area contributed by atoms with Crippen molar-refractivity contribution >= 4 is 21.6 Å². The van der Waals surface area contributed by atoms with E-state index in [0.29, 0.717) is 17.2 Å². The van der Waals surface area contributed by atoms with Crippen LogP contribution in [0.5, 0.6) is 0 Å². The van der Waals surface area contributed by atoms with Gasteiger partial charge in [0.05, 0.1) is 24.5 Å². The highest BCUT2D eigenvalue weighted by Gasteiger charge is 2.21. The summed E-state index contributed by atoms with van der Waals surface area (Å²) in [7, 11) is -3.67. The number of benzene rings is 3. The van der Waals surface area contributed by atoms with Crippen molar-refractivity contribution in [2.75, 3.05) is 10.6 Å². The highest BCUT2D eigenvalue weighted by atomic mass is 32.2. The van der Waals surface area contributed by atoms with Gasteiger partial charge in [-0.25, -0.2) is 12.8 Å². The quantitative estimate of drug-likeness (QED) is 0.463. The molecule has 5 nitrogen and oxygen atoms in total. The number of rotatable bonds is 9. The highest BCUT2D eigenvalue weighted by Crippen LogP contribution is 2.24. The Morgan fingerprint density at radius 2 is 1.55 bits per heavy atom. The monoisotopic (exact) mass is 468 g/mol. The Labute approximate surface area is 195 Å². The minimum absolute atomic E-state index is 0.132. The van der Waals surface area contributed by atoms with E-state index in [2.05, 4.69) is 19.2 Å². The molecule has 33 heavy (non-hydrogen) atoms. The Kier molecular flexibility index (Phi) is 7.87. The number of nitrogens with one attached hydrogen (secondary N) is 1. The maximum Gasteiger partial charge on any atom is 0.251 e. The van der Waals surface area contributed by atoms with Crippen molar-refractivity contribution in [3.63, 3.8) is 0 Å². The zero-order valence-electron chi connectivity index (χ0n) is 19.0. The number of nitrogens with zero attached hydrogens (tertiary/aromatic N) is 1. The lowest BCUT2D eigenvalue weighted by molar-refractivity contribution is 0.0932. The minimum Gasteiger partial charge on any atom is -0.345 e. The molecule has 3 rings (SSSR count). The van der Waals surface area contributed by atoms with Crippen molar-refractivity contribution in [1.82, 2.24) is 5.32 Å². The molecule has 0 aromatic heterocycles. The molecule has 3 aromatic rings. The first-order valence-electron chi connectivity index (χ1n) is 10.8. The first-order valence-corrected chi connectivity index (χ1v) is 12.7. The molecule has 1 atom stereocenters. The summed E-state index contributed by atoms with van der Waals surface area (Å²) in [5.74, 6) is -0.324. The van der Waals surface area contributed by atoms with Gasteiger partial charge in [0.1, 0.15) is 5.82 Å². The predicted octanol–water partition coefficient (Wildman–Crippen LogP) is 5.31. The number of amides is 1. The summed E-state index contributed by atoms with van der Waals surface area (Å²) < 4.78 is 40.0. The number of halogens is 1. The van der Waals surface area contributed by atoms with Crippen LogP contribution in [-0.2, 0) is 16.6 Å². The lowest BCUT2D eigenvalue weighted by Crippen LogP contribution is -2.30. The van der Waals surface area contributed by atoms with Gasteiger partial charge in [0, 0.05) is 11.1 Å². The molecule has 174 valence electrons. The number of sulfonamides is 1. The van der Waals surface area contributed by atoms with Gasteiger partial charge in [-0.1, -0.05) is 62.4 Å². The second kappa shape index (κ2) is 10.6. The fourth-order valence-electron chi connectivity index (χ4n) is 3.64. The van der Waals surface area contributed by atoms with Crippen molar-refractivity contribution in [2.24, 2.45) is 5.92 Å². The molecule has 1 N–H and O–H groups in total. The van der Waals surface area contributed by atoms with Crippen molar-refractivity contribution < 1.29 is 17.6 Å². The molecular formula is C26H29FN2O3S. The van der Waals surface area contributed by atoms with Crippen LogP contribution in [0.1, 0.15) is 47.8 Å². The van der Waals surface area contributed by atoms with Gasteiger partial charge in [-0.3, -0.25) is 9.10 Å². The molecule has 0 saturated heterocycles. The zero-order chi connectivity index (χ0) is 24.0. The van der Waals surface area contributed by atoms with Crippen LogP contribution in [-0.4, -0.2) is 20.6 Å². The standard InChI is InChI=1S/C26H29FN2O3S/c1-19(2)17-25(20-9-5-4-6-10-20)28-26(30)21-13-15-23(16-14-21)29(33(3,31)32)18-22-11-7-8-12-24(22)27/h4-16,19,25H,17-18H2,1-3H3,(H,28,30)/t25-/m1/s1. The van der Waals surface area contributed by atoms with E-state index in [4.69, 9.17) is 0 Å². The molecule has 0 heterocycles. The smallest absolute Gasteiger partial charge is 0.251 e. The number of hydrogen-bond donors (Lipinski definition) is 1. The van der Waals surface area contributed by atoms with Crippen molar-refractivity contribution in [1.29, 1.82) is 0 Å². The van der Waals surface area contributed by atoms with Crippen LogP contribution >= 0.6 is 0 Å². The Hall–Kier alpha value is -3.19. The average molecular weight is 469 g/mol. The van der Waals surface area contributed by atoms with Gasteiger partial charge in [0.25, 0.3) is 5.91 Å². The SMILES string of the molecule is CC(C)C[C@@H](NC(=O)c1ccc(N(Cc2ccccc2F)S(C)(=O)=O)cc1)c1ccccc1. The highest BCUT2D eigenvalue weighted by molar-refractivity contribution is 7.92. The summed E-state index contributed by atoms with van der Waals surface area (Å²) >= 11 is 0. The summed E-state index contributed by atoms with van der Waals surface area (Å²) in [5.41, 5.74) is 2.08. The molecule has 0 saturated carbocycles. The van der Waals surface area contributed by atoms with Gasteiger partial charge in [-0.15, -0.1) is 0 Å². The van der Waals surface area contributed by atoms with Crippen LogP contribution in [0, 0.1) is 11.7 Å². The molecule has 0 fully saturated rings. The lowest BCUT2D eigenvalue weighted by Gasteiger charge is -2.23. The predicted molar refractivity (Wildman–Crippen MR) is 130 cm³/mol. The van der Waals surface area contributed by atoms with E-state index in [1.54, 1.807) is 42.5 Å². The third-order valence-electron chi connectivity index (χ3n) is 5.30. The maximum absolute atomic E-state index is 14.1. The van der Waals surface area contributed by atoms with Gasteiger partial charge in [0.2, 0.25) is 10.0 Å². The molecule has 0 bridgehead atoms. The zero-order valence-corrected chi connectivity index (χ0v) is 19.8. The fourth-order valence-corrected chi connectivity index (χ4v) is 4.52. The summed E-state index contributed by atoms with van der Waals surface area (Å²) in [5, 5.41) is 3.09. The third-order valence-corrected chi connectivity index (χ3v) is 6.44.